The first-order valence-corrected chi connectivity index (χ1v) is 7.34. The highest BCUT2D eigenvalue weighted by atomic mass is 32.1. The van der Waals surface area contributed by atoms with Gasteiger partial charge in [0.15, 0.2) is 11.4 Å². The number of anilines is 1. The first kappa shape index (κ1) is 13.9. The van der Waals surface area contributed by atoms with Crippen LogP contribution in [0.5, 0.6) is 0 Å². The third kappa shape index (κ3) is 2.16. The van der Waals surface area contributed by atoms with Gasteiger partial charge in [-0.15, -0.1) is 11.3 Å². The molecule has 108 valence electrons. The van der Waals surface area contributed by atoms with E-state index in [0.717, 1.165) is 5.01 Å². The second-order valence-electron chi connectivity index (χ2n) is 5.11. The maximum Gasteiger partial charge on any atom is 0.261 e. The van der Waals surface area contributed by atoms with Crippen LogP contribution in [-0.2, 0) is 10.4 Å². The number of aryl methyl sites for hydroxylation is 2. The largest absolute Gasteiger partial charge is 0.375 e. The topological polar surface area (TPSA) is 79.3 Å². The van der Waals surface area contributed by atoms with Crippen LogP contribution in [0.25, 0.3) is 0 Å². The van der Waals surface area contributed by atoms with E-state index in [1.54, 1.807) is 31.2 Å². The molecule has 3 rings (SSSR count). The predicted octanol–water partition coefficient (Wildman–Crippen LogP) is 2.17. The van der Waals surface area contributed by atoms with Gasteiger partial charge in [0, 0.05) is 11.3 Å². The number of benzene rings is 1. The van der Waals surface area contributed by atoms with Crippen LogP contribution in [0.1, 0.15) is 32.4 Å². The highest BCUT2D eigenvalue weighted by molar-refractivity contribution is 7.13. The summed E-state index contributed by atoms with van der Waals surface area (Å²) in [6, 6.07) is 6.86. The molecule has 0 unspecified atom stereocenters. The quantitative estimate of drug-likeness (QED) is 0.852. The Kier molecular flexibility index (Phi) is 3.15. The van der Waals surface area contributed by atoms with Crippen LogP contribution in [0, 0.1) is 13.8 Å². The number of ketones is 1. The molecule has 0 radical (unpaired) electrons. The number of Topliss-reactive ketones (excluding diaryl/α,β-unsaturated/α-hetero) is 1. The van der Waals surface area contributed by atoms with Crippen molar-refractivity contribution in [3.8, 4) is 0 Å². The molecule has 0 fully saturated rings. The lowest BCUT2D eigenvalue weighted by Crippen LogP contribution is -2.36. The zero-order valence-corrected chi connectivity index (χ0v) is 12.5. The van der Waals surface area contributed by atoms with Crippen LogP contribution in [0.4, 0.5) is 5.69 Å². The van der Waals surface area contributed by atoms with E-state index >= 15 is 0 Å². The average Bonchev–Trinajstić information content (AvgIpc) is 2.89. The zero-order valence-electron chi connectivity index (χ0n) is 11.6. The molecule has 21 heavy (non-hydrogen) atoms. The van der Waals surface area contributed by atoms with Gasteiger partial charge >= 0.3 is 0 Å². The number of carbonyl (C=O) groups is 2. The molecule has 1 aromatic heterocycles. The van der Waals surface area contributed by atoms with Crippen molar-refractivity contribution < 1.29 is 14.7 Å². The number of aromatic nitrogens is 1. The molecule has 2 aromatic rings. The number of aliphatic hydroxyl groups is 1. The fourth-order valence-electron chi connectivity index (χ4n) is 2.58. The fourth-order valence-corrected chi connectivity index (χ4v) is 3.44. The third-order valence-electron chi connectivity index (χ3n) is 3.57. The van der Waals surface area contributed by atoms with Gasteiger partial charge in [0.1, 0.15) is 0 Å². The standard InChI is InChI=1S/C15H14N2O3S/c1-8-13(21-9(2)16-8)12(18)7-15(20)10-5-3-4-6-11(10)17-14(15)19/h3-6,20H,7H2,1-2H3,(H,17,19)/t15-/m1/s1. The number of para-hydroxylation sites is 1. The number of hydrogen-bond donors (Lipinski definition) is 2. The summed E-state index contributed by atoms with van der Waals surface area (Å²) in [6.07, 6.45) is -0.279. The van der Waals surface area contributed by atoms with Crippen LogP contribution >= 0.6 is 11.3 Å². The maximum absolute atomic E-state index is 12.4. The number of fused-ring (bicyclic) bond motifs is 1. The minimum absolute atomic E-state index is 0.271. The molecule has 5 nitrogen and oxygen atoms in total. The van der Waals surface area contributed by atoms with Crippen LogP contribution < -0.4 is 5.32 Å². The van der Waals surface area contributed by atoms with Gasteiger partial charge in [0.05, 0.1) is 22.0 Å². The van der Waals surface area contributed by atoms with Crippen molar-refractivity contribution in [3.05, 3.63) is 45.4 Å². The minimum Gasteiger partial charge on any atom is -0.375 e. The molecule has 1 aliphatic rings. The van der Waals surface area contributed by atoms with Gasteiger partial charge < -0.3 is 10.4 Å². The second kappa shape index (κ2) is 4.75. The normalized spacial score (nSPS) is 20.2. The summed E-state index contributed by atoms with van der Waals surface area (Å²) in [4.78, 5) is 29.2. The summed E-state index contributed by atoms with van der Waals surface area (Å²) in [7, 11) is 0. The Morgan fingerprint density at radius 3 is 2.76 bits per heavy atom. The molecular formula is C15H14N2O3S. The van der Waals surface area contributed by atoms with Gasteiger partial charge in [-0.25, -0.2) is 4.98 Å². The molecule has 1 aliphatic heterocycles. The van der Waals surface area contributed by atoms with Crippen molar-refractivity contribution >= 4 is 28.7 Å². The van der Waals surface area contributed by atoms with Gasteiger partial charge in [-0.2, -0.15) is 0 Å². The summed E-state index contributed by atoms with van der Waals surface area (Å²) in [5.41, 5.74) is -0.173. The maximum atomic E-state index is 12.4. The van der Waals surface area contributed by atoms with E-state index in [0.29, 0.717) is 21.8 Å². The molecule has 6 heteroatoms. The van der Waals surface area contributed by atoms with Crippen molar-refractivity contribution in [1.82, 2.24) is 4.98 Å². The molecule has 0 saturated carbocycles. The smallest absolute Gasteiger partial charge is 0.261 e. The Morgan fingerprint density at radius 1 is 1.38 bits per heavy atom. The molecule has 0 bridgehead atoms. The lowest BCUT2D eigenvalue weighted by Gasteiger charge is -2.19. The van der Waals surface area contributed by atoms with E-state index in [9.17, 15) is 14.7 Å². The van der Waals surface area contributed by atoms with Gasteiger partial charge in [0.2, 0.25) is 0 Å². The van der Waals surface area contributed by atoms with Crippen molar-refractivity contribution in [2.45, 2.75) is 25.9 Å². The molecule has 1 atom stereocenters. The third-order valence-corrected chi connectivity index (χ3v) is 4.68. The number of amides is 1. The highest BCUT2D eigenvalue weighted by Crippen LogP contribution is 2.39. The number of hydrogen-bond acceptors (Lipinski definition) is 5. The summed E-state index contributed by atoms with van der Waals surface area (Å²) in [5.74, 6) is -0.830. The summed E-state index contributed by atoms with van der Waals surface area (Å²) in [6.45, 7) is 3.57. The van der Waals surface area contributed by atoms with E-state index < -0.39 is 11.5 Å². The molecule has 2 heterocycles. The van der Waals surface area contributed by atoms with Crippen molar-refractivity contribution in [3.63, 3.8) is 0 Å². The van der Waals surface area contributed by atoms with Crippen LogP contribution in [0.2, 0.25) is 0 Å². The number of nitrogens with zero attached hydrogens (tertiary/aromatic N) is 1. The summed E-state index contributed by atoms with van der Waals surface area (Å²) in [5, 5.41) is 14.1. The highest BCUT2D eigenvalue weighted by Gasteiger charge is 2.46. The average molecular weight is 302 g/mol. The second-order valence-corrected chi connectivity index (χ2v) is 6.31. The predicted molar refractivity (Wildman–Crippen MR) is 79.5 cm³/mol. The molecule has 0 aliphatic carbocycles. The first-order chi connectivity index (χ1) is 9.91. The number of nitrogens with one attached hydrogen (secondary N) is 1. The minimum atomic E-state index is -1.81. The van der Waals surface area contributed by atoms with Crippen LogP contribution in [0.3, 0.4) is 0 Å². The van der Waals surface area contributed by atoms with Gasteiger partial charge in [-0.1, -0.05) is 18.2 Å². The zero-order chi connectivity index (χ0) is 15.2. The number of thiazole rings is 1. The molecule has 1 amide bonds. The monoisotopic (exact) mass is 302 g/mol. The Labute approximate surface area is 125 Å². The van der Waals surface area contributed by atoms with E-state index in [-0.39, 0.29) is 12.2 Å². The molecular weight excluding hydrogens is 288 g/mol. The van der Waals surface area contributed by atoms with Gasteiger partial charge in [0.25, 0.3) is 5.91 Å². The Morgan fingerprint density at radius 2 is 2.10 bits per heavy atom. The van der Waals surface area contributed by atoms with E-state index in [1.807, 2.05) is 6.92 Å². The van der Waals surface area contributed by atoms with Gasteiger partial charge in [-0.3, -0.25) is 9.59 Å². The molecule has 2 N–H and O–H groups in total. The van der Waals surface area contributed by atoms with E-state index in [2.05, 4.69) is 10.3 Å². The fraction of sp³-hybridized carbons (Fsp3) is 0.267. The molecule has 0 saturated heterocycles. The lowest BCUT2D eigenvalue weighted by atomic mass is 9.89. The first-order valence-electron chi connectivity index (χ1n) is 6.52. The van der Waals surface area contributed by atoms with E-state index in [4.69, 9.17) is 0 Å². The Hall–Kier alpha value is -2.05. The number of carbonyl (C=O) groups excluding carboxylic acids is 2. The number of rotatable bonds is 3. The van der Waals surface area contributed by atoms with Crippen molar-refractivity contribution in [1.29, 1.82) is 0 Å². The van der Waals surface area contributed by atoms with E-state index in [1.165, 1.54) is 11.3 Å². The van der Waals surface area contributed by atoms with Crippen molar-refractivity contribution in [2.24, 2.45) is 0 Å². The SMILES string of the molecule is Cc1nc(C)c(C(=O)C[C@]2(O)C(=O)Nc3ccccc32)s1. The Balaban J connectivity index is 1.96. The summed E-state index contributed by atoms with van der Waals surface area (Å²) < 4.78 is 0. The Bertz CT molecular complexity index is 753. The molecule has 0 spiro atoms. The van der Waals surface area contributed by atoms with Crippen molar-refractivity contribution in [2.75, 3.05) is 5.32 Å². The van der Waals surface area contributed by atoms with Crippen LogP contribution in [-0.4, -0.2) is 21.8 Å². The van der Waals surface area contributed by atoms with Crippen LogP contribution in [0.15, 0.2) is 24.3 Å². The van der Waals surface area contributed by atoms with Gasteiger partial charge in [-0.05, 0) is 19.9 Å². The molecule has 1 aromatic carbocycles. The lowest BCUT2D eigenvalue weighted by molar-refractivity contribution is -0.133. The summed E-state index contributed by atoms with van der Waals surface area (Å²) >= 11 is 1.28.